The van der Waals surface area contributed by atoms with E-state index in [1.165, 1.54) is 0 Å². The van der Waals surface area contributed by atoms with Gasteiger partial charge in [-0.3, -0.25) is 24.0 Å². The molecule has 0 aromatic heterocycles. The van der Waals surface area contributed by atoms with Gasteiger partial charge in [-0.25, -0.2) is 0 Å². The first kappa shape index (κ1) is 41.9. The minimum Gasteiger partial charge on any atom is -0.494 e. The number of ether oxygens (including phenoxy) is 1. The number of rotatable bonds is 15. The van der Waals surface area contributed by atoms with Crippen LogP contribution in [0, 0.1) is 17.8 Å². The van der Waals surface area contributed by atoms with Crippen LogP contribution in [0.15, 0.2) is 54.6 Å². The van der Waals surface area contributed by atoms with Crippen LogP contribution < -0.4 is 37.1 Å². The maximum atomic E-state index is 14.0. The average molecular weight is 723 g/mol. The fourth-order valence-corrected chi connectivity index (χ4v) is 6.01. The van der Waals surface area contributed by atoms with Gasteiger partial charge in [-0.1, -0.05) is 90.4 Å². The van der Waals surface area contributed by atoms with Gasteiger partial charge in [0.2, 0.25) is 29.5 Å². The molecule has 2 aliphatic heterocycles. The number of hydrogen-bond acceptors (Lipinski definition) is 8. The van der Waals surface area contributed by atoms with E-state index in [0.29, 0.717) is 25.2 Å². The molecule has 5 amide bonds. The lowest BCUT2D eigenvalue weighted by Crippen LogP contribution is -2.60. The number of fused-ring (bicyclic) bond motifs is 12. The molecule has 0 spiro atoms. The van der Waals surface area contributed by atoms with E-state index in [0.717, 1.165) is 11.1 Å². The van der Waals surface area contributed by atoms with E-state index >= 15 is 0 Å². The standard InChI is InChI=1S/C39H58N6O7/c1-7-25(6)35(39(51)44-33(23(2)3)36(40)48)45-37(49)30(21-26-12-9-8-10-13-26)41-22-31(46)29-20-27-15-17-28(18-16-27)52-19-11-14-32(47)43-34(24(4)5)38(50)42-29/h8-10,12-13,15-18,23-25,29-31,33-35,41,46H,7,11,14,19-22H2,1-6H3,(H2,40,48)(H,42,50)(H,43,47)(H,44,51)(H,45,49)/t25?,29-,30-,31+,33-,34-,35-/m0/s1. The molecule has 2 aliphatic rings. The second kappa shape index (κ2) is 20.5. The van der Waals surface area contributed by atoms with Crippen molar-refractivity contribution >= 4 is 29.5 Å². The molecule has 0 aliphatic carbocycles. The van der Waals surface area contributed by atoms with E-state index in [4.69, 9.17) is 10.5 Å². The number of aliphatic hydroxyl groups is 1. The molecule has 286 valence electrons. The number of primary amides is 1. The summed E-state index contributed by atoms with van der Waals surface area (Å²) in [5.74, 6) is -2.45. The van der Waals surface area contributed by atoms with Crippen LogP contribution in [0.2, 0.25) is 0 Å². The van der Waals surface area contributed by atoms with Crippen LogP contribution in [0.1, 0.15) is 71.9 Å². The van der Waals surface area contributed by atoms with Crippen LogP contribution in [-0.2, 0) is 36.8 Å². The molecule has 2 heterocycles. The second-order valence-corrected chi connectivity index (χ2v) is 14.4. The maximum absolute atomic E-state index is 14.0. The van der Waals surface area contributed by atoms with Gasteiger partial charge in [-0.05, 0) is 60.3 Å². The van der Waals surface area contributed by atoms with Gasteiger partial charge in [0.1, 0.15) is 23.9 Å². The second-order valence-electron chi connectivity index (χ2n) is 14.4. The first-order chi connectivity index (χ1) is 24.7. The molecule has 1 unspecified atom stereocenters. The molecule has 0 fully saturated rings. The number of nitrogens with two attached hydrogens (primary N) is 1. The van der Waals surface area contributed by atoms with Crippen molar-refractivity contribution < 1.29 is 33.8 Å². The Labute approximate surface area is 307 Å². The normalized spacial score (nSPS) is 19.9. The predicted octanol–water partition coefficient (Wildman–Crippen LogP) is 1.75. The molecule has 13 heteroatoms. The number of aliphatic hydroxyl groups excluding tert-OH is 1. The molecule has 0 saturated carbocycles. The molecule has 0 saturated heterocycles. The van der Waals surface area contributed by atoms with E-state index in [2.05, 4.69) is 26.6 Å². The van der Waals surface area contributed by atoms with Crippen molar-refractivity contribution in [1.82, 2.24) is 26.6 Å². The molecular formula is C39H58N6O7. The fraction of sp³-hybridized carbons (Fsp3) is 0.564. The van der Waals surface area contributed by atoms with Crippen molar-refractivity contribution in [2.45, 2.75) is 110 Å². The Hall–Kier alpha value is -4.49. The highest BCUT2D eigenvalue weighted by Gasteiger charge is 2.34. The Morgan fingerprint density at radius 3 is 2.17 bits per heavy atom. The molecule has 2 aromatic carbocycles. The molecule has 52 heavy (non-hydrogen) atoms. The quantitative estimate of drug-likeness (QED) is 0.144. The van der Waals surface area contributed by atoms with Crippen LogP contribution in [0.25, 0.3) is 0 Å². The largest absolute Gasteiger partial charge is 0.494 e. The van der Waals surface area contributed by atoms with Crippen LogP contribution >= 0.6 is 0 Å². The van der Waals surface area contributed by atoms with E-state index < -0.39 is 59.9 Å². The summed E-state index contributed by atoms with van der Waals surface area (Å²) in [6.45, 7) is 11.2. The first-order valence-electron chi connectivity index (χ1n) is 18.4. The van der Waals surface area contributed by atoms with Gasteiger partial charge < -0.3 is 42.2 Å². The molecule has 2 bridgehead atoms. The number of nitrogens with one attached hydrogen (secondary N) is 5. The summed E-state index contributed by atoms with van der Waals surface area (Å²) < 4.78 is 5.79. The van der Waals surface area contributed by atoms with E-state index in [1.54, 1.807) is 13.8 Å². The minimum absolute atomic E-state index is 0.0902. The monoisotopic (exact) mass is 722 g/mol. The molecule has 0 radical (unpaired) electrons. The fourth-order valence-electron chi connectivity index (χ4n) is 6.01. The van der Waals surface area contributed by atoms with Crippen molar-refractivity contribution in [2.24, 2.45) is 23.5 Å². The molecule has 8 N–H and O–H groups in total. The van der Waals surface area contributed by atoms with Gasteiger partial charge in [0, 0.05) is 13.0 Å². The summed E-state index contributed by atoms with van der Waals surface area (Å²) in [5.41, 5.74) is 7.24. The summed E-state index contributed by atoms with van der Waals surface area (Å²) in [7, 11) is 0. The van der Waals surface area contributed by atoms with Gasteiger partial charge >= 0.3 is 0 Å². The van der Waals surface area contributed by atoms with Crippen molar-refractivity contribution in [3.05, 3.63) is 65.7 Å². The van der Waals surface area contributed by atoms with E-state index in [1.807, 2.05) is 82.3 Å². The zero-order valence-corrected chi connectivity index (χ0v) is 31.3. The number of amides is 5. The Morgan fingerprint density at radius 2 is 1.58 bits per heavy atom. The molecular weight excluding hydrogens is 664 g/mol. The Balaban J connectivity index is 1.87. The van der Waals surface area contributed by atoms with E-state index in [-0.39, 0.29) is 49.5 Å². The van der Waals surface area contributed by atoms with Crippen LogP contribution in [-0.4, -0.2) is 84.1 Å². The highest BCUT2D eigenvalue weighted by molar-refractivity contribution is 5.93. The summed E-state index contributed by atoms with van der Waals surface area (Å²) in [6.07, 6.45) is 0.586. The van der Waals surface area contributed by atoms with Crippen molar-refractivity contribution in [2.75, 3.05) is 13.2 Å². The van der Waals surface area contributed by atoms with Crippen LogP contribution in [0.3, 0.4) is 0 Å². The van der Waals surface area contributed by atoms with Crippen molar-refractivity contribution in [1.29, 1.82) is 0 Å². The smallest absolute Gasteiger partial charge is 0.243 e. The van der Waals surface area contributed by atoms with Crippen LogP contribution in [0.5, 0.6) is 5.75 Å². The Morgan fingerprint density at radius 1 is 0.923 bits per heavy atom. The summed E-state index contributed by atoms with van der Waals surface area (Å²) in [6, 6.07) is 12.3. The van der Waals surface area contributed by atoms with Gasteiger partial charge in [0.15, 0.2) is 0 Å². The Kier molecular flexibility index (Phi) is 16.5. The van der Waals surface area contributed by atoms with Crippen molar-refractivity contribution in [3.63, 3.8) is 0 Å². The first-order valence-corrected chi connectivity index (χ1v) is 18.4. The third kappa shape index (κ3) is 12.9. The van der Waals surface area contributed by atoms with E-state index in [9.17, 15) is 29.1 Å². The molecule has 2 aromatic rings. The maximum Gasteiger partial charge on any atom is 0.243 e. The molecule has 7 atom stereocenters. The minimum atomic E-state index is -1.17. The predicted molar refractivity (Wildman–Crippen MR) is 199 cm³/mol. The molecule has 4 rings (SSSR count). The number of hydrogen-bond donors (Lipinski definition) is 7. The SMILES string of the molecule is CCC(C)[C@H](NC(=O)[C@H](Cc1ccccc1)NC[C@@H](O)[C@@H]1Cc2ccc(cc2)OCCCC(=O)N[C@@H](C(C)C)C(=O)N1)C(=O)N[C@H](C(N)=O)C(C)C. The Bertz CT molecular complexity index is 1470. The lowest BCUT2D eigenvalue weighted by Gasteiger charge is -2.31. The zero-order chi connectivity index (χ0) is 38.4. The number of carbonyl (C=O) groups is 5. The third-order valence-electron chi connectivity index (χ3n) is 9.49. The summed E-state index contributed by atoms with van der Waals surface area (Å²) >= 11 is 0. The lowest BCUT2D eigenvalue weighted by molar-refractivity contribution is -0.133. The third-order valence-corrected chi connectivity index (χ3v) is 9.49. The number of carbonyl (C=O) groups excluding carboxylic acids is 5. The highest BCUT2D eigenvalue weighted by Crippen LogP contribution is 2.17. The highest BCUT2D eigenvalue weighted by atomic mass is 16.5. The zero-order valence-electron chi connectivity index (χ0n) is 31.3. The van der Waals surface area contributed by atoms with Gasteiger partial charge in [0.25, 0.3) is 0 Å². The van der Waals surface area contributed by atoms with Crippen LogP contribution in [0.4, 0.5) is 0 Å². The van der Waals surface area contributed by atoms with Gasteiger partial charge in [0.05, 0.1) is 24.8 Å². The lowest BCUT2D eigenvalue weighted by atomic mass is 9.95. The summed E-state index contributed by atoms with van der Waals surface area (Å²) in [5, 5.41) is 26.2. The summed E-state index contributed by atoms with van der Waals surface area (Å²) in [4.78, 5) is 65.9. The van der Waals surface area contributed by atoms with Gasteiger partial charge in [-0.15, -0.1) is 0 Å². The topological polar surface area (TPSA) is 201 Å². The van der Waals surface area contributed by atoms with Gasteiger partial charge in [-0.2, -0.15) is 0 Å². The average Bonchev–Trinajstić information content (AvgIpc) is 3.12. The molecule has 13 nitrogen and oxygen atoms in total. The number of benzene rings is 2. The van der Waals surface area contributed by atoms with Crippen molar-refractivity contribution in [3.8, 4) is 5.75 Å².